The number of ether oxygens (including phenoxy) is 1. The van der Waals surface area contributed by atoms with Gasteiger partial charge in [0.2, 0.25) is 5.89 Å². The van der Waals surface area contributed by atoms with Gasteiger partial charge in [-0.05, 0) is 81.7 Å². The van der Waals surface area contributed by atoms with Crippen molar-refractivity contribution in [1.82, 2.24) is 25.1 Å². The van der Waals surface area contributed by atoms with Crippen molar-refractivity contribution in [3.05, 3.63) is 59.4 Å². The van der Waals surface area contributed by atoms with Crippen LogP contribution < -0.4 is 10.6 Å². The number of carbonyl (C=O) groups is 1. The van der Waals surface area contributed by atoms with Gasteiger partial charge in [0.1, 0.15) is 11.9 Å². The van der Waals surface area contributed by atoms with Crippen molar-refractivity contribution >= 4 is 34.3 Å². The average molecular weight is 667 g/mol. The van der Waals surface area contributed by atoms with E-state index in [-0.39, 0.29) is 17.6 Å². The van der Waals surface area contributed by atoms with E-state index in [1.54, 1.807) is 30.1 Å². The summed E-state index contributed by atoms with van der Waals surface area (Å²) in [7, 11) is 1.61. The Morgan fingerprint density at radius 3 is 2.43 bits per heavy atom. The smallest absolute Gasteiger partial charge is 0.407 e. The van der Waals surface area contributed by atoms with Gasteiger partial charge in [0.05, 0.1) is 22.4 Å². The van der Waals surface area contributed by atoms with Crippen molar-refractivity contribution in [2.75, 3.05) is 45.1 Å². The van der Waals surface area contributed by atoms with Crippen LogP contribution in [0.3, 0.4) is 0 Å². The molecule has 250 valence electrons. The van der Waals surface area contributed by atoms with Gasteiger partial charge in [-0.25, -0.2) is 14.8 Å². The molecular formula is C35H50N6O3S2. The fourth-order valence-electron chi connectivity index (χ4n) is 6.54. The molecule has 2 aliphatic heterocycles. The van der Waals surface area contributed by atoms with Crippen molar-refractivity contribution in [3.63, 3.8) is 0 Å². The average Bonchev–Trinajstić information content (AvgIpc) is 3.59. The topological polar surface area (TPSA) is 95.8 Å². The number of benzene rings is 1. The van der Waals surface area contributed by atoms with Gasteiger partial charge in [0.15, 0.2) is 5.13 Å². The maximum atomic E-state index is 11.8. The molecule has 3 fully saturated rings. The number of aromatic nitrogens is 2. The lowest BCUT2D eigenvalue weighted by Crippen LogP contribution is -2.48. The van der Waals surface area contributed by atoms with E-state index in [0.29, 0.717) is 17.9 Å². The first-order valence-electron chi connectivity index (χ1n) is 16.9. The molecule has 0 radical (unpaired) electrons. The van der Waals surface area contributed by atoms with Crippen molar-refractivity contribution in [3.8, 4) is 0 Å². The third kappa shape index (κ3) is 9.05. The number of alkyl carbamates (subject to hydrolysis) is 1. The molecule has 1 unspecified atom stereocenters. The zero-order valence-electron chi connectivity index (χ0n) is 27.8. The number of hydrogen-bond donors (Lipinski definition) is 2. The Labute approximate surface area is 282 Å². The van der Waals surface area contributed by atoms with E-state index in [9.17, 15) is 4.79 Å². The monoisotopic (exact) mass is 666 g/mol. The number of nitrogens with zero attached hydrogens (tertiary/aromatic N) is 4. The minimum atomic E-state index is -0.348. The number of piperidine rings is 2. The summed E-state index contributed by atoms with van der Waals surface area (Å²) in [4.78, 5) is 26.2. The summed E-state index contributed by atoms with van der Waals surface area (Å²) in [5, 5.41) is 7.21. The Kier molecular flexibility index (Phi) is 10.9. The van der Waals surface area contributed by atoms with Crippen LogP contribution in [0.25, 0.3) is 0 Å². The third-order valence-electron chi connectivity index (χ3n) is 9.58. The number of anilines is 1. The summed E-state index contributed by atoms with van der Waals surface area (Å²) in [6.45, 7) is 13.1. The summed E-state index contributed by atoms with van der Waals surface area (Å²) >= 11 is 3.46. The molecule has 0 spiro atoms. The number of thioether (sulfide) groups is 1. The van der Waals surface area contributed by atoms with Crippen molar-refractivity contribution in [1.29, 1.82) is 0 Å². The molecule has 6 rings (SSSR count). The van der Waals surface area contributed by atoms with E-state index in [4.69, 9.17) is 9.15 Å². The molecule has 4 heterocycles. The molecule has 46 heavy (non-hydrogen) atoms. The lowest BCUT2D eigenvalue weighted by molar-refractivity contribution is 0.0770. The van der Waals surface area contributed by atoms with Gasteiger partial charge < -0.3 is 24.7 Å². The Hall–Kier alpha value is -2.60. The number of rotatable bonds is 12. The quantitative estimate of drug-likeness (QED) is 0.193. The maximum absolute atomic E-state index is 11.8. The molecule has 1 amide bonds. The first-order valence-corrected chi connectivity index (χ1v) is 18.7. The second-order valence-corrected chi connectivity index (χ2v) is 16.5. The van der Waals surface area contributed by atoms with E-state index in [0.717, 1.165) is 67.1 Å². The van der Waals surface area contributed by atoms with E-state index in [1.165, 1.54) is 48.5 Å². The zero-order chi connectivity index (χ0) is 32.1. The van der Waals surface area contributed by atoms with Crippen molar-refractivity contribution in [2.24, 2.45) is 11.8 Å². The van der Waals surface area contributed by atoms with Crippen molar-refractivity contribution < 1.29 is 13.9 Å². The lowest BCUT2D eigenvalue weighted by Gasteiger charge is -2.42. The van der Waals surface area contributed by atoms with Gasteiger partial charge in [0.25, 0.3) is 0 Å². The molecule has 1 saturated carbocycles. The van der Waals surface area contributed by atoms with Gasteiger partial charge in [-0.2, -0.15) is 0 Å². The van der Waals surface area contributed by atoms with E-state index < -0.39 is 0 Å². The largest absolute Gasteiger partial charge is 0.444 e. The molecule has 0 bridgehead atoms. The van der Waals surface area contributed by atoms with Crippen LogP contribution in [0.2, 0.25) is 0 Å². The SMILES string of the molecule is CNC(=O)OC(c1ccc(CN2CCC(N3CCC(CNc4ncc(SCc5ncc(C(C)(C)C)o5)s4)CC3)CC2)cc1)C1CC1. The van der Waals surface area contributed by atoms with Gasteiger partial charge in [-0.3, -0.25) is 4.90 Å². The van der Waals surface area contributed by atoms with E-state index in [1.807, 2.05) is 12.4 Å². The van der Waals surface area contributed by atoms with E-state index in [2.05, 4.69) is 75.4 Å². The summed E-state index contributed by atoms with van der Waals surface area (Å²) in [6, 6.07) is 9.45. The number of oxazole rings is 1. The first-order chi connectivity index (χ1) is 22.2. The summed E-state index contributed by atoms with van der Waals surface area (Å²) < 4.78 is 12.8. The molecule has 2 aromatic heterocycles. The van der Waals surface area contributed by atoms with Crippen LogP contribution in [0.5, 0.6) is 0 Å². The molecule has 9 nitrogen and oxygen atoms in total. The number of nitrogens with one attached hydrogen (secondary N) is 2. The molecule has 11 heteroatoms. The van der Waals surface area contributed by atoms with Crippen LogP contribution in [-0.2, 0) is 22.4 Å². The Morgan fingerprint density at radius 1 is 1.04 bits per heavy atom. The standard InChI is InChI=1S/C35H50N6O3S2/c1-35(2,3)29-20-37-30(43-29)23-45-31-21-39-33(46-31)38-19-24-11-17-41(18-12-24)28-13-15-40(16-14-28)22-25-5-7-26(8-6-25)32(27-9-10-27)44-34(42)36-4/h5-8,20-21,24,27-28,32H,9-19,22-23H2,1-4H3,(H,36,42)(H,38,39). The summed E-state index contributed by atoms with van der Waals surface area (Å²) in [6.07, 6.45) is 10.6. The predicted molar refractivity (Wildman–Crippen MR) is 185 cm³/mol. The van der Waals surface area contributed by atoms with Gasteiger partial charge in [0, 0.05) is 37.5 Å². The highest BCUT2D eigenvalue weighted by Crippen LogP contribution is 2.43. The number of thiazole rings is 1. The summed E-state index contributed by atoms with van der Waals surface area (Å²) in [5.41, 5.74) is 2.42. The van der Waals surface area contributed by atoms with Gasteiger partial charge in [-0.1, -0.05) is 56.4 Å². The van der Waals surface area contributed by atoms with Crippen LogP contribution in [0.1, 0.15) is 88.2 Å². The highest BCUT2D eigenvalue weighted by Gasteiger charge is 2.35. The van der Waals surface area contributed by atoms with E-state index >= 15 is 0 Å². The van der Waals surface area contributed by atoms with Crippen LogP contribution >= 0.6 is 23.1 Å². The Bertz CT molecular complexity index is 1400. The molecule has 2 saturated heterocycles. The number of carbonyl (C=O) groups excluding carboxylic acids is 1. The minimum Gasteiger partial charge on any atom is -0.444 e. The molecule has 1 aliphatic carbocycles. The van der Waals surface area contributed by atoms with Crippen LogP contribution in [0.15, 0.2) is 45.3 Å². The Morgan fingerprint density at radius 2 is 1.78 bits per heavy atom. The fraction of sp³-hybridized carbons (Fsp3) is 0.629. The predicted octanol–water partition coefficient (Wildman–Crippen LogP) is 7.32. The number of amides is 1. The third-order valence-corrected chi connectivity index (χ3v) is 11.7. The van der Waals surface area contributed by atoms with Crippen molar-refractivity contribution in [2.45, 2.75) is 93.4 Å². The van der Waals surface area contributed by atoms with Crippen LogP contribution in [0, 0.1) is 11.8 Å². The van der Waals surface area contributed by atoms with Gasteiger partial charge in [-0.15, -0.1) is 11.8 Å². The highest BCUT2D eigenvalue weighted by molar-refractivity contribution is 8.00. The second kappa shape index (κ2) is 15.1. The minimum absolute atomic E-state index is 0.0203. The normalized spacial score (nSPS) is 19.7. The molecule has 2 N–H and O–H groups in total. The second-order valence-electron chi connectivity index (χ2n) is 14.2. The maximum Gasteiger partial charge on any atom is 0.407 e. The molecule has 3 aromatic rings. The molecular weight excluding hydrogens is 617 g/mol. The number of likely N-dealkylation sites (tertiary alicyclic amines) is 2. The molecule has 3 aliphatic rings. The molecule has 1 aromatic carbocycles. The van der Waals surface area contributed by atoms with Gasteiger partial charge >= 0.3 is 6.09 Å². The zero-order valence-corrected chi connectivity index (χ0v) is 29.4. The summed E-state index contributed by atoms with van der Waals surface area (Å²) in [5.74, 6) is 3.58. The Balaban J connectivity index is 0.872. The first kappa shape index (κ1) is 33.3. The highest BCUT2D eigenvalue weighted by atomic mass is 32.2. The molecule has 1 atom stereocenters. The fourth-order valence-corrected chi connectivity index (χ4v) is 8.27. The van der Waals surface area contributed by atoms with Crippen LogP contribution in [0.4, 0.5) is 9.93 Å². The number of hydrogen-bond acceptors (Lipinski definition) is 10. The van der Waals surface area contributed by atoms with Crippen LogP contribution in [-0.4, -0.2) is 71.7 Å². The lowest BCUT2D eigenvalue weighted by atomic mass is 9.93.